The van der Waals surface area contributed by atoms with Crippen LogP contribution in [0.5, 0.6) is 0 Å². The topological polar surface area (TPSA) is 82.1 Å². The summed E-state index contributed by atoms with van der Waals surface area (Å²) in [6.07, 6.45) is -0.306. The number of nitrogens with zero attached hydrogens (tertiary/aromatic N) is 2. The molecule has 2 atom stereocenters. The highest BCUT2D eigenvalue weighted by Crippen LogP contribution is 2.18. The normalized spacial score (nSPS) is 13.0. The second kappa shape index (κ2) is 16.3. The molecule has 1 unspecified atom stereocenters. The third-order valence-corrected chi connectivity index (χ3v) is 5.89. The minimum absolute atomic E-state index is 0.106. The lowest BCUT2D eigenvalue weighted by Crippen LogP contribution is -2.55. The van der Waals surface area contributed by atoms with Gasteiger partial charge in [0, 0.05) is 18.6 Å². The lowest BCUT2D eigenvalue weighted by molar-refractivity contribution is -0.00985. The Kier molecular flexibility index (Phi) is 14.2. The van der Waals surface area contributed by atoms with Gasteiger partial charge in [-0.05, 0) is 71.9 Å². The van der Waals surface area contributed by atoms with Crippen LogP contribution < -0.4 is 5.32 Å². The zero-order valence-electron chi connectivity index (χ0n) is 26.4. The van der Waals surface area contributed by atoms with Crippen LogP contribution >= 0.6 is 0 Å². The van der Waals surface area contributed by atoms with Gasteiger partial charge in [0.2, 0.25) is 0 Å². The van der Waals surface area contributed by atoms with E-state index in [0.29, 0.717) is 13.1 Å². The number of carbonyl (C=O) groups excluding carboxylic acids is 2. The van der Waals surface area contributed by atoms with Gasteiger partial charge in [0.05, 0.1) is 18.7 Å². The van der Waals surface area contributed by atoms with E-state index in [1.54, 1.807) is 11.8 Å². The molecule has 0 aliphatic rings. The average molecular weight is 556 g/mol. The van der Waals surface area contributed by atoms with Gasteiger partial charge in [0.25, 0.3) is 0 Å². The summed E-state index contributed by atoms with van der Waals surface area (Å²) in [5.41, 5.74) is 1.29. The van der Waals surface area contributed by atoms with E-state index in [-0.39, 0.29) is 18.5 Å². The monoisotopic (exact) mass is 555 g/mol. The zero-order valence-corrected chi connectivity index (χ0v) is 26.4. The Morgan fingerprint density at radius 3 is 1.75 bits per heavy atom. The molecular formula is C33H53N3O4. The Bertz CT molecular complexity index is 998. The fraction of sp³-hybridized carbons (Fsp3) is 0.576. The highest BCUT2D eigenvalue weighted by molar-refractivity contribution is 5.75. The molecule has 0 heterocycles. The van der Waals surface area contributed by atoms with Crippen molar-refractivity contribution in [2.45, 2.75) is 105 Å². The number of carbonyl (C=O) groups is 2. The summed E-state index contributed by atoms with van der Waals surface area (Å²) in [4.78, 5) is 29.0. The number of rotatable bonds is 9. The maximum absolute atomic E-state index is 13.0. The molecule has 0 aliphatic carbocycles. The van der Waals surface area contributed by atoms with Crippen LogP contribution in [0.2, 0.25) is 0 Å². The number of urea groups is 1. The van der Waals surface area contributed by atoms with Gasteiger partial charge in [0.1, 0.15) is 5.60 Å². The molecule has 0 aliphatic heterocycles. The molecule has 0 fully saturated rings. The molecule has 0 spiro atoms. The third-order valence-electron chi connectivity index (χ3n) is 5.89. The van der Waals surface area contributed by atoms with Crippen LogP contribution in [0.4, 0.5) is 9.59 Å². The van der Waals surface area contributed by atoms with E-state index >= 15 is 0 Å². The average Bonchev–Trinajstić information content (AvgIpc) is 2.85. The van der Waals surface area contributed by atoms with Crippen molar-refractivity contribution in [2.24, 2.45) is 5.92 Å². The summed E-state index contributed by atoms with van der Waals surface area (Å²) in [6.45, 7) is 20.1. The fourth-order valence-corrected chi connectivity index (χ4v) is 3.86. The molecule has 2 rings (SSSR count). The van der Waals surface area contributed by atoms with Gasteiger partial charge >= 0.3 is 12.1 Å². The molecule has 7 heteroatoms. The summed E-state index contributed by atoms with van der Waals surface area (Å²) in [7, 11) is 0. The van der Waals surface area contributed by atoms with Crippen LogP contribution in [0.15, 0.2) is 60.7 Å². The molecule has 3 amide bonds. The minimum atomic E-state index is -0.948. The molecule has 7 nitrogen and oxygen atoms in total. The number of aliphatic hydroxyl groups is 1. The Balaban J connectivity index is 0.000000850. The second-order valence-electron chi connectivity index (χ2n) is 12.7. The number of benzene rings is 2. The molecule has 0 saturated carbocycles. The highest BCUT2D eigenvalue weighted by atomic mass is 16.6. The lowest BCUT2D eigenvalue weighted by atomic mass is 10.1. The zero-order chi connectivity index (χ0) is 30.5. The third kappa shape index (κ3) is 14.4. The quantitative estimate of drug-likeness (QED) is 0.353. The number of aliphatic hydroxyl groups excluding tert-OH is 1. The van der Waals surface area contributed by atoms with Gasteiger partial charge in [-0.3, -0.25) is 4.90 Å². The lowest BCUT2D eigenvalue weighted by Gasteiger charge is -2.37. The molecule has 2 aromatic rings. The van der Waals surface area contributed by atoms with Crippen LogP contribution in [0, 0.1) is 5.92 Å². The summed E-state index contributed by atoms with van der Waals surface area (Å²) >= 11 is 0. The van der Waals surface area contributed by atoms with Gasteiger partial charge in [-0.25, -0.2) is 9.59 Å². The number of hydrogen-bond donors (Lipinski definition) is 2. The van der Waals surface area contributed by atoms with E-state index in [1.165, 1.54) is 10.5 Å². The summed E-state index contributed by atoms with van der Waals surface area (Å²) in [5, 5.41) is 14.0. The smallest absolute Gasteiger partial charge is 0.410 e. The minimum Gasteiger partial charge on any atom is -0.444 e. The SMILES string of the molecule is CC(C)CN(C[C@@H](O)C(C)N(Cc1ccccc1)C(=O)OC(C)(C)C)C(=O)NC(C)(C)C.CCc1ccccc1. The molecule has 224 valence electrons. The molecule has 0 saturated heterocycles. The van der Waals surface area contributed by atoms with Crippen LogP contribution in [0.25, 0.3) is 0 Å². The van der Waals surface area contributed by atoms with E-state index < -0.39 is 29.4 Å². The van der Waals surface area contributed by atoms with Crippen LogP contribution in [-0.2, 0) is 17.7 Å². The van der Waals surface area contributed by atoms with Crippen molar-refractivity contribution in [1.82, 2.24) is 15.1 Å². The van der Waals surface area contributed by atoms with Crippen molar-refractivity contribution in [3.8, 4) is 0 Å². The summed E-state index contributed by atoms with van der Waals surface area (Å²) < 4.78 is 5.61. The Morgan fingerprint density at radius 2 is 1.35 bits per heavy atom. The predicted molar refractivity (Wildman–Crippen MR) is 164 cm³/mol. The van der Waals surface area contributed by atoms with Gasteiger partial charge in [-0.2, -0.15) is 0 Å². The van der Waals surface area contributed by atoms with E-state index in [4.69, 9.17) is 4.74 Å². The highest BCUT2D eigenvalue weighted by Gasteiger charge is 2.32. The van der Waals surface area contributed by atoms with Crippen LogP contribution in [-0.4, -0.2) is 63.4 Å². The van der Waals surface area contributed by atoms with Crippen molar-refractivity contribution in [2.75, 3.05) is 13.1 Å². The van der Waals surface area contributed by atoms with Gasteiger partial charge in [0.15, 0.2) is 0 Å². The van der Waals surface area contributed by atoms with Gasteiger partial charge in [-0.15, -0.1) is 0 Å². The largest absolute Gasteiger partial charge is 0.444 e. The number of aryl methyl sites for hydroxylation is 1. The number of ether oxygens (including phenoxy) is 1. The van der Waals surface area contributed by atoms with E-state index in [1.807, 2.05) is 91.8 Å². The Labute approximate surface area is 242 Å². The fourth-order valence-electron chi connectivity index (χ4n) is 3.86. The van der Waals surface area contributed by atoms with E-state index in [9.17, 15) is 14.7 Å². The van der Waals surface area contributed by atoms with Gasteiger partial charge < -0.3 is 20.1 Å². The molecule has 2 N–H and O–H groups in total. The van der Waals surface area contributed by atoms with Crippen LogP contribution in [0.3, 0.4) is 0 Å². The number of amides is 3. The van der Waals surface area contributed by atoms with Crippen molar-refractivity contribution in [1.29, 1.82) is 0 Å². The number of nitrogens with one attached hydrogen (secondary N) is 1. The maximum atomic E-state index is 13.0. The van der Waals surface area contributed by atoms with E-state index in [0.717, 1.165) is 12.0 Å². The Morgan fingerprint density at radius 1 is 0.850 bits per heavy atom. The first-order chi connectivity index (χ1) is 18.5. The van der Waals surface area contributed by atoms with Gasteiger partial charge in [-0.1, -0.05) is 81.4 Å². The van der Waals surface area contributed by atoms with Crippen molar-refractivity contribution in [3.63, 3.8) is 0 Å². The Hall–Kier alpha value is -3.06. The first kappa shape index (κ1) is 35.0. The molecule has 2 aromatic carbocycles. The predicted octanol–water partition coefficient (Wildman–Crippen LogP) is 6.89. The standard InChI is InChI=1S/C25H43N3O4.C8H10/c1-18(2)15-27(22(30)26-24(4,5)6)17-21(29)19(3)28(23(31)32-25(7,8)9)16-20-13-11-10-12-14-20;1-2-8-6-4-3-5-7-8/h10-14,18-19,21,29H,15-17H2,1-9H3,(H,26,30);3-7H,2H2,1H3/t19?,21-;/m1./s1. The first-order valence-corrected chi connectivity index (χ1v) is 14.3. The van der Waals surface area contributed by atoms with Crippen LogP contribution in [0.1, 0.15) is 80.4 Å². The second-order valence-corrected chi connectivity index (χ2v) is 12.7. The maximum Gasteiger partial charge on any atom is 0.410 e. The molecule has 0 aromatic heterocycles. The van der Waals surface area contributed by atoms with Crippen molar-refractivity contribution >= 4 is 12.1 Å². The summed E-state index contributed by atoms with van der Waals surface area (Å²) in [5.74, 6) is 0.231. The molecular weight excluding hydrogens is 502 g/mol. The number of hydrogen-bond acceptors (Lipinski definition) is 4. The van der Waals surface area contributed by atoms with Crippen molar-refractivity contribution in [3.05, 3.63) is 71.8 Å². The summed E-state index contributed by atoms with van der Waals surface area (Å²) in [6, 6.07) is 19.2. The first-order valence-electron chi connectivity index (χ1n) is 14.3. The van der Waals surface area contributed by atoms with E-state index in [2.05, 4.69) is 36.5 Å². The van der Waals surface area contributed by atoms with Crippen molar-refractivity contribution < 1.29 is 19.4 Å². The molecule has 40 heavy (non-hydrogen) atoms. The molecule has 0 bridgehead atoms. The molecule has 0 radical (unpaired) electrons.